The molecule has 1 aliphatic carbocycles. The van der Waals surface area contributed by atoms with Crippen molar-refractivity contribution in [2.45, 2.75) is 63.6 Å². The van der Waals surface area contributed by atoms with Crippen LogP contribution in [-0.4, -0.2) is 89.0 Å². The molecule has 5 rings (SSSR count). The number of piperazine rings is 1. The van der Waals surface area contributed by atoms with Gasteiger partial charge in [0.25, 0.3) is 5.91 Å². The molecule has 180 valence electrons. The lowest BCUT2D eigenvalue weighted by atomic mass is 9.91. The molecule has 1 saturated heterocycles. The van der Waals surface area contributed by atoms with Gasteiger partial charge >= 0.3 is 0 Å². The number of nitrogens with zero attached hydrogens (tertiary/aromatic N) is 4. The van der Waals surface area contributed by atoms with Crippen LogP contribution in [0.5, 0.6) is 0 Å². The number of rotatable bonds is 6. The van der Waals surface area contributed by atoms with Crippen molar-refractivity contribution in [3.63, 3.8) is 0 Å². The Kier molecular flexibility index (Phi) is 6.22. The minimum absolute atomic E-state index is 0.0293. The summed E-state index contributed by atoms with van der Waals surface area (Å²) >= 11 is 0. The molecular formula is C25H37N5O3. The first-order valence-corrected chi connectivity index (χ1v) is 12.6. The van der Waals surface area contributed by atoms with Gasteiger partial charge in [-0.3, -0.25) is 9.59 Å². The summed E-state index contributed by atoms with van der Waals surface area (Å²) in [6.07, 6.45) is 8.12. The Hall–Kier alpha value is -2.32. The van der Waals surface area contributed by atoms with Crippen molar-refractivity contribution in [2.24, 2.45) is 0 Å². The summed E-state index contributed by atoms with van der Waals surface area (Å²) in [4.78, 5) is 34.0. The first-order chi connectivity index (χ1) is 16.0. The largest absolute Gasteiger partial charge is 0.463 e. The lowest BCUT2D eigenvalue weighted by Gasteiger charge is -2.45. The van der Waals surface area contributed by atoms with Crippen molar-refractivity contribution < 1.29 is 14.0 Å². The van der Waals surface area contributed by atoms with Crippen LogP contribution in [0.4, 0.5) is 0 Å². The highest BCUT2D eigenvalue weighted by Gasteiger charge is 2.48. The molecule has 0 radical (unpaired) electrons. The number of aromatic nitrogens is 1. The zero-order valence-electron chi connectivity index (χ0n) is 20.0. The topological polar surface area (TPSA) is 74.0 Å². The minimum Gasteiger partial charge on any atom is -0.463 e. The van der Waals surface area contributed by atoms with E-state index in [1.807, 2.05) is 28.5 Å². The van der Waals surface area contributed by atoms with Crippen LogP contribution in [0.2, 0.25) is 0 Å². The lowest BCUT2D eigenvalue weighted by molar-refractivity contribution is -0.133. The van der Waals surface area contributed by atoms with E-state index in [0.717, 1.165) is 70.3 Å². The Morgan fingerprint density at radius 3 is 2.67 bits per heavy atom. The van der Waals surface area contributed by atoms with E-state index in [4.69, 9.17) is 4.42 Å². The molecule has 33 heavy (non-hydrogen) atoms. The lowest BCUT2D eigenvalue weighted by Crippen LogP contribution is -2.65. The summed E-state index contributed by atoms with van der Waals surface area (Å²) < 4.78 is 7.54. The number of likely N-dealkylation sites (N-methyl/N-ethyl adjacent to an activating group) is 1. The van der Waals surface area contributed by atoms with Gasteiger partial charge in [0.1, 0.15) is 11.2 Å². The maximum atomic E-state index is 13.7. The van der Waals surface area contributed by atoms with Crippen molar-refractivity contribution in [1.82, 2.24) is 24.6 Å². The number of amides is 2. The highest BCUT2D eigenvalue weighted by atomic mass is 16.3. The van der Waals surface area contributed by atoms with E-state index in [2.05, 4.69) is 22.2 Å². The Balaban J connectivity index is 1.36. The maximum absolute atomic E-state index is 13.7. The minimum atomic E-state index is -0.924. The van der Waals surface area contributed by atoms with E-state index in [9.17, 15) is 9.59 Å². The quantitative estimate of drug-likeness (QED) is 0.725. The number of furan rings is 1. The van der Waals surface area contributed by atoms with Crippen LogP contribution >= 0.6 is 0 Å². The number of carbonyl (C=O) groups excluding carboxylic acids is 2. The van der Waals surface area contributed by atoms with Crippen molar-refractivity contribution in [3.05, 3.63) is 24.1 Å². The van der Waals surface area contributed by atoms with Crippen molar-refractivity contribution in [2.75, 3.05) is 46.3 Å². The monoisotopic (exact) mass is 455 g/mol. The Bertz CT molecular complexity index is 999. The van der Waals surface area contributed by atoms with Gasteiger partial charge in [-0.15, -0.1) is 0 Å². The van der Waals surface area contributed by atoms with E-state index >= 15 is 0 Å². The second-order valence-electron chi connectivity index (χ2n) is 10.3. The number of hydrogen-bond acceptors (Lipinski definition) is 5. The Morgan fingerprint density at radius 2 is 1.91 bits per heavy atom. The summed E-state index contributed by atoms with van der Waals surface area (Å²) in [6.45, 7) is 8.19. The molecule has 2 aromatic heterocycles. The summed E-state index contributed by atoms with van der Waals surface area (Å²) in [7, 11) is 2.16. The van der Waals surface area contributed by atoms with Crippen LogP contribution in [0, 0.1) is 0 Å². The van der Waals surface area contributed by atoms with Crippen LogP contribution in [0.1, 0.15) is 55.9 Å². The van der Waals surface area contributed by atoms with Gasteiger partial charge in [-0.1, -0.05) is 19.3 Å². The molecule has 2 aromatic rings. The van der Waals surface area contributed by atoms with Crippen molar-refractivity contribution >= 4 is 22.9 Å². The summed E-state index contributed by atoms with van der Waals surface area (Å²) in [5.41, 5.74) is 1.28. The summed E-state index contributed by atoms with van der Waals surface area (Å²) in [6, 6.07) is 3.92. The van der Waals surface area contributed by atoms with Crippen LogP contribution in [0.15, 0.2) is 22.8 Å². The maximum Gasteiger partial charge on any atom is 0.271 e. The average Bonchev–Trinajstić information content (AvgIpc) is 3.40. The fraction of sp³-hybridized carbons (Fsp3) is 0.680. The molecule has 1 N–H and O–H groups in total. The third kappa shape index (κ3) is 4.30. The van der Waals surface area contributed by atoms with E-state index in [-0.39, 0.29) is 17.9 Å². The SMILES string of the molecule is CN1CCN(CCCN2C(=O)c3cc4occc4n3CC2(C)C(=O)NC2CCCCC2)CC1. The van der Waals surface area contributed by atoms with Crippen LogP contribution in [0.25, 0.3) is 11.1 Å². The average molecular weight is 456 g/mol. The highest BCUT2D eigenvalue weighted by molar-refractivity contribution is 6.02. The summed E-state index contributed by atoms with van der Waals surface area (Å²) in [5.74, 6) is -0.106. The third-order valence-corrected chi connectivity index (χ3v) is 7.93. The molecule has 4 heterocycles. The molecule has 1 atom stereocenters. The molecule has 3 aliphatic rings. The molecule has 1 unspecified atom stereocenters. The van der Waals surface area contributed by atoms with Crippen LogP contribution < -0.4 is 5.32 Å². The molecule has 0 spiro atoms. The molecular weight excluding hydrogens is 418 g/mol. The van der Waals surface area contributed by atoms with E-state index in [1.54, 1.807) is 6.26 Å². The molecule has 2 fully saturated rings. The number of fused-ring (bicyclic) bond motifs is 3. The second-order valence-corrected chi connectivity index (χ2v) is 10.3. The number of carbonyl (C=O) groups is 2. The fourth-order valence-corrected chi connectivity index (χ4v) is 5.73. The zero-order chi connectivity index (χ0) is 23.0. The van der Waals surface area contributed by atoms with Gasteiger partial charge in [0.15, 0.2) is 5.58 Å². The fourth-order valence-electron chi connectivity index (χ4n) is 5.73. The number of nitrogens with one attached hydrogen (secondary N) is 1. The standard InChI is InChI=1S/C25H37N5O3/c1-25(24(32)26-19-7-4-3-5-8-19)18-29-20-9-16-33-22(20)17-21(29)23(31)30(25)11-6-10-28-14-12-27(2)13-15-28/h9,16-17,19H,3-8,10-15,18H2,1-2H3,(H,26,32). The van der Waals surface area contributed by atoms with Gasteiger partial charge in [0, 0.05) is 50.9 Å². The van der Waals surface area contributed by atoms with Crippen LogP contribution in [-0.2, 0) is 11.3 Å². The molecule has 1 saturated carbocycles. The van der Waals surface area contributed by atoms with E-state index < -0.39 is 5.54 Å². The van der Waals surface area contributed by atoms with Gasteiger partial charge in [-0.2, -0.15) is 0 Å². The van der Waals surface area contributed by atoms with Gasteiger partial charge in [-0.05, 0) is 39.8 Å². The first kappa shape index (κ1) is 22.5. The third-order valence-electron chi connectivity index (χ3n) is 7.93. The van der Waals surface area contributed by atoms with Crippen molar-refractivity contribution in [1.29, 1.82) is 0 Å². The molecule has 2 aliphatic heterocycles. The van der Waals surface area contributed by atoms with Gasteiger partial charge in [0.05, 0.1) is 18.3 Å². The van der Waals surface area contributed by atoms with Gasteiger partial charge in [0.2, 0.25) is 5.91 Å². The van der Waals surface area contributed by atoms with Crippen LogP contribution in [0.3, 0.4) is 0 Å². The second kappa shape index (κ2) is 9.14. The number of hydrogen-bond donors (Lipinski definition) is 1. The van der Waals surface area contributed by atoms with Gasteiger partial charge < -0.3 is 29.0 Å². The predicted molar refractivity (Wildman–Crippen MR) is 127 cm³/mol. The summed E-state index contributed by atoms with van der Waals surface area (Å²) in [5, 5.41) is 3.30. The predicted octanol–water partition coefficient (Wildman–Crippen LogP) is 2.54. The smallest absolute Gasteiger partial charge is 0.271 e. The van der Waals surface area contributed by atoms with Crippen molar-refractivity contribution in [3.8, 4) is 0 Å². The normalized spacial score (nSPS) is 25.5. The van der Waals surface area contributed by atoms with Gasteiger partial charge in [-0.25, -0.2) is 0 Å². The molecule has 0 aromatic carbocycles. The highest BCUT2D eigenvalue weighted by Crippen LogP contribution is 2.33. The first-order valence-electron chi connectivity index (χ1n) is 12.6. The molecule has 0 bridgehead atoms. The molecule has 8 nitrogen and oxygen atoms in total. The van der Waals surface area contributed by atoms with E-state index in [1.165, 1.54) is 6.42 Å². The Labute approximate surface area is 195 Å². The Morgan fingerprint density at radius 1 is 1.15 bits per heavy atom. The molecule has 8 heteroatoms. The van der Waals surface area contributed by atoms with E-state index in [0.29, 0.717) is 24.4 Å². The molecule has 2 amide bonds. The zero-order valence-corrected chi connectivity index (χ0v) is 20.0.